The number of carbonyl (C=O) groups is 2. The molecule has 0 aliphatic carbocycles. The molecule has 0 saturated heterocycles. The fourth-order valence-corrected chi connectivity index (χ4v) is 3.73. The SMILES string of the molecule is COC(=O)[C@]1(Cc2ccc(OC)c(CC=C(C)C)c2)OC(=O)C(O)=C1c1ccccc1. The van der Waals surface area contributed by atoms with Crippen molar-refractivity contribution in [1.29, 1.82) is 0 Å². The molecule has 0 aromatic heterocycles. The third-order valence-electron chi connectivity index (χ3n) is 5.21. The lowest BCUT2D eigenvalue weighted by molar-refractivity contribution is -0.169. The minimum Gasteiger partial charge on any atom is -0.502 e. The fraction of sp³-hybridized carbons (Fsp3) is 0.280. The highest BCUT2D eigenvalue weighted by molar-refractivity contribution is 6.11. The predicted molar refractivity (Wildman–Crippen MR) is 117 cm³/mol. The maximum absolute atomic E-state index is 13.0. The van der Waals surface area contributed by atoms with Crippen LogP contribution in [0.1, 0.15) is 30.5 Å². The number of ether oxygens (including phenoxy) is 3. The van der Waals surface area contributed by atoms with Gasteiger partial charge < -0.3 is 19.3 Å². The van der Waals surface area contributed by atoms with Gasteiger partial charge in [0, 0.05) is 6.42 Å². The Balaban J connectivity index is 2.11. The average molecular weight is 422 g/mol. The van der Waals surface area contributed by atoms with Crippen molar-refractivity contribution in [3.63, 3.8) is 0 Å². The first-order chi connectivity index (χ1) is 14.8. The van der Waals surface area contributed by atoms with Gasteiger partial charge in [0.15, 0.2) is 0 Å². The number of allylic oxidation sites excluding steroid dienone is 2. The number of methoxy groups -OCH3 is 2. The van der Waals surface area contributed by atoms with Crippen molar-refractivity contribution in [2.75, 3.05) is 14.2 Å². The van der Waals surface area contributed by atoms with Crippen LogP contribution in [0.2, 0.25) is 0 Å². The second kappa shape index (κ2) is 9.08. The molecule has 1 N–H and O–H groups in total. The zero-order chi connectivity index (χ0) is 22.6. The van der Waals surface area contributed by atoms with Gasteiger partial charge in [-0.05, 0) is 43.0 Å². The van der Waals surface area contributed by atoms with Gasteiger partial charge in [-0.25, -0.2) is 9.59 Å². The summed E-state index contributed by atoms with van der Waals surface area (Å²) < 4.78 is 16.0. The lowest BCUT2D eigenvalue weighted by Crippen LogP contribution is -2.44. The number of esters is 2. The Bertz CT molecular complexity index is 1050. The van der Waals surface area contributed by atoms with E-state index in [0.29, 0.717) is 12.0 Å². The van der Waals surface area contributed by atoms with Crippen molar-refractivity contribution < 1.29 is 28.9 Å². The second-order valence-corrected chi connectivity index (χ2v) is 7.61. The molecule has 0 unspecified atom stereocenters. The predicted octanol–water partition coefficient (Wildman–Crippen LogP) is 4.18. The number of aliphatic hydroxyl groups excluding tert-OH is 1. The Morgan fingerprint density at radius 1 is 1.13 bits per heavy atom. The molecule has 2 aromatic rings. The molecular weight excluding hydrogens is 396 g/mol. The highest BCUT2D eigenvalue weighted by atomic mass is 16.6. The van der Waals surface area contributed by atoms with Crippen molar-refractivity contribution in [3.05, 3.63) is 82.6 Å². The van der Waals surface area contributed by atoms with Crippen LogP contribution in [0.25, 0.3) is 5.57 Å². The molecule has 6 nitrogen and oxygen atoms in total. The summed E-state index contributed by atoms with van der Waals surface area (Å²) in [7, 11) is 2.83. The Morgan fingerprint density at radius 3 is 2.45 bits per heavy atom. The number of aliphatic hydroxyl groups is 1. The highest BCUT2D eigenvalue weighted by Crippen LogP contribution is 2.42. The molecule has 0 radical (unpaired) electrons. The van der Waals surface area contributed by atoms with Crippen LogP contribution < -0.4 is 4.74 Å². The smallest absolute Gasteiger partial charge is 0.375 e. The molecule has 0 saturated carbocycles. The summed E-state index contributed by atoms with van der Waals surface area (Å²) in [5.74, 6) is -1.58. The number of hydrogen-bond acceptors (Lipinski definition) is 6. The van der Waals surface area contributed by atoms with E-state index in [0.717, 1.165) is 16.9 Å². The van der Waals surface area contributed by atoms with Gasteiger partial charge in [-0.3, -0.25) is 0 Å². The van der Waals surface area contributed by atoms with Crippen molar-refractivity contribution in [3.8, 4) is 5.75 Å². The van der Waals surface area contributed by atoms with E-state index in [2.05, 4.69) is 6.08 Å². The van der Waals surface area contributed by atoms with Gasteiger partial charge in [0.1, 0.15) is 5.75 Å². The van der Waals surface area contributed by atoms with E-state index in [1.54, 1.807) is 43.5 Å². The Kier molecular flexibility index (Phi) is 6.49. The Morgan fingerprint density at radius 2 is 1.84 bits per heavy atom. The van der Waals surface area contributed by atoms with Crippen LogP contribution in [-0.4, -0.2) is 36.9 Å². The van der Waals surface area contributed by atoms with Gasteiger partial charge in [0.25, 0.3) is 0 Å². The zero-order valence-corrected chi connectivity index (χ0v) is 18.1. The molecule has 6 heteroatoms. The standard InChI is InChI=1S/C25H26O6/c1-16(2)10-12-19-14-17(11-13-20(19)29-3)15-25(24(28)30-4)21(22(26)23(27)31-25)18-8-6-5-7-9-18/h5-11,13-14,26H,12,15H2,1-4H3/t25-/m1/s1. The number of hydrogen-bond donors (Lipinski definition) is 1. The molecule has 2 aromatic carbocycles. The van der Waals surface area contributed by atoms with Crippen LogP contribution in [0.5, 0.6) is 5.75 Å². The molecule has 1 atom stereocenters. The van der Waals surface area contributed by atoms with Crippen molar-refractivity contribution in [1.82, 2.24) is 0 Å². The van der Waals surface area contributed by atoms with Crippen molar-refractivity contribution in [2.24, 2.45) is 0 Å². The van der Waals surface area contributed by atoms with Gasteiger partial charge in [-0.2, -0.15) is 0 Å². The summed E-state index contributed by atoms with van der Waals surface area (Å²) in [6.45, 7) is 4.03. The minimum absolute atomic E-state index is 0.00547. The topological polar surface area (TPSA) is 82.1 Å². The third-order valence-corrected chi connectivity index (χ3v) is 5.21. The molecule has 31 heavy (non-hydrogen) atoms. The molecule has 3 rings (SSSR count). The number of carbonyl (C=O) groups excluding carboxylic acids is 2. The second-order valence-electron chi connectivity index (χ2n) is 7.61. The van der Waals surface area contributed by atoms with Crippen LogP contribution >= 0.6 is 0 Å². The number of benzene rings is 2. The van der Waals surface area contributed by atoms with Gasteiger partial charge >= 0.3 is 11.9 Å². The first kappa shape index (κ1) is 22.2. The molecular formula is C25H26O6. The first-order valence-electron chi connectivity index (χ1n) is 9.92. The summed E-state index contributed by atoms with van der Waals surface area (Å²) in [5, 5.41) is 10.5. The molecule has 162 valence electrons. The van der Waals surface area contributed by atoms with Gasteiger partial charge in [-0.1, -0.05) is 54.1 Å². The van der Waals surface area contributed by atoms with Gasteiger partial charge in [-0.15, -0.1) is 0 Å². The lowest BCUT2D eigenvalue weighted by Gasteiger charge is -2.28. The molecule has 0 bridgehead atoms. The summed E-state index contributed by atoms with van der Waals surface area (Å²) in [5.41, 5.74) is 1.66. The molecule has 1 heterocycles. The van der Waals surface area contributed by atoms with Crippen molar-refractivity contribution >= 4 is 17.5 Å². The van der Waals surface area contributed by atoms with E-state index in [1.165, 1.54) is 12.7 Å². The normalized spacial score (nSPS) is 17.9. The lowest BCUT2D eigenvalue weighted by atomic mass is 9.83. The molecule has 0 fully saturated rings. The highest BCUT2D eigenvalue weighted by Gasteiger charge is 2.55. The number of rotatable bonds is 7. The van der Waals surface area contributed by atoms with Crippen molar-refractivity contribution in [2.45, 2.75) is 32.3 Å². The Hall–Kier alpha value is -3.54. The average Bonchev–Trinajstić information content (AvgIpc) is 3.02. The summed E-state index contributed by atoms with van der Waals surface area (Å²) >= 11 is 0. The van der Waals surface area contributed by atoms with E-state index in [4.69, 9.17) is 14.2 Å². The summed E-state index contributed by atoms with van der Waals surface area (Å²) in [6.07, 6.45) is 2.73. The molecule has 1 aliphatic heterocycles. The van der Waals surface area contributed by atoms with Gasteiger partial charge in [0.2, 0.25) is 11.4 Å². The quantitative estimate of drug-likeness (QED) is 0.532. The van der Waals surface area contributed by atoms with Crippen LogP contribution in [-0.2, 0) is 31.9 Å². The van der Waals surface area contributed by atoms with Crippen LogP contribution in [0.15, 0.2) is 65.9 Å². The van der Waals surface area contributed by atoms with E-state index in [-0.39, 0.29) is 12.0 Å². The number of cyclic esters (lactones) is 1. The summed E-state index contributed by atoms with van der Waals surface area (Å²) in [4.78, 5) is 25.3. The van der Waals surface area contributed by atoms with E-state index in [9.17, 15) is 14.7 Å². The fourth-order valence-electron chi connectivity index (χ4n) is 3.73. The zero-order valence-electron chi connectivity index (χ0n) is 18.1. The molecule has 1 aliphatic rings. The largest absolute Gasteiger partial charge is 0.502 e. The van der Waals surface area contributed by atoms with Crippen LogP contribution in [0, 0.1) is 0 Å². The maximum Gasteiger partial charge on any atom is 0.375 e. The van der Waals surface area contributed by atoms with E-state index in [1.807, 2.05) is 26.0 Å². The Labute approximate surface area is 181 Å². The van der Waals surface area contributed by atoms with E-state index < -0.39 is 23.3 Å². The molecule has 0 amide bonds. The monoisotopic (exact) mass is 422 g/mol. The summed E-state index contributed by atoms with van der Waals surface area (Å²) in [6, 6.07) is 14.3. The van der Waals surface area contributed by atoms with Gasteiger partial charge in [0.05, 0.1) is 19.8 Å². The van der Waals surface area contributed by atoms with E-state index >= 15 is 0 Å². The third kappa shape index (κ3) is 4.33. The van der Waals surface area contributed by atoms with Crippen LogP contribution in [0.4, 0.5) is 0 Å². The maximum atomic E-state index is 13.0. The first-order valence-corrected chi connectivity index (χ1v) is 9.92. The minimum atomic E-state index is -1.79. The van der Waals surface area contributed by atoms with Crippen LogP contribution in [0.3, 0.4) is 0 Å². The molecule has 0 spiro atoms.